The Balaban J connectivity index is 1.59. The summed E-state index contributed by atoms with van der Waals surface area (Å²) in [6.07, 6.45) is 4.17. The van der Waals surface area contributed by atoms with Gasteiger partial charge in [0, 0.05) is 24.6 Å². The lowest BCUT2D eigenvalue weighted by Crippen LogP contribution is -2.14. The van der Waals surface area contributed by atoms with Crippen LogP contribution in [0.25, 0.3) is 0 Å². The highest BCUT2D eigenvalue weighted by Gasteiger charge is 2.09. The van der Waals surface area contributed by atoms with E-state index in [1.807, 2.05) is 62.4 Å². The van der Waals surface area contributed by atoms with Crippen LogP contribution < -0.4 is 15.4 Å². The van der Waals surface area contributed by atoms with Gasteiger partial charge in [0.2, 0.25) is 0 Å². The van der Waals surface area contributed by atoms with E-state index in [0.717, 1.165) is 41.2 Å². The highest BCUT2D eigenvalue weighted by atomic mass is 16.5. The minimum Gasteiger partial charge on any atom is -0.497 e. The molecule has 0 saturated heterocycles. The number of methoxy groups -OCH3 is 1. The fraction of sp³-hybridized carbons (Fsp3) is 0.217. The number of hydrogen-bond donors (Lipinski definition) is 2. The number of benzene rings is 2. The van der Waals surface area contributed by atoms with E-state index in [4.69, 9.17) is 4.74 Å². The van der Waals surface area contributed by atoms with Crippen molar-refractivity contribution >= 4 is 17.3 Å². The molecule has 28 heavy (non-hydrogen) atoms. The Hall–Kier alpha value is -3.34. The van der Waals surface area contributed by atoms with E-state index in [1.54, 1.807) is 19.5 Å². The van der Waals surface area contributed by atoms with Crippen molar-refractivity contribution in [3.05, 3.63) is 83.2 Å². The van der Waals surface area contributed by atoms with Gasteiger partial charge in [0.05, 0.1) is 18.4 Å². The van der Waals surface area contributed by atoms with Gasteiger partial charge >= 0.3 is 0 Å². The van der Waals surface area contributed by atoms with Gasteiger partial charge in [-0.15, -0.1) is 0 Å². The Bertz CT molecular complexity index is 952. The predicted octanol–water partition coefficient (Wildman–Crippen LogP) is 4.61. The summed E-state index contributed by atoms with van der Waals surface area (Å²) in [6, 6.07) is 15.8. The van der Waals surface area contributed by atoms with Crippen LogP contribution in [-0.2, 0) is 6.42 Å². The highest BCUT2D eigenvalue weighted by Crippen LogP contribution is 2.18. The Morgan fingerprint density at radius 2 is 1.82 bits per heavy atom. The Morgan fingerprint density at radius 1 is 1.04 bits per heavy atom. The van der Waals surface area contributed by atoms with E-state index < -0.39 is 0 Å². The largest absolute Gasteiger partial charge is 0.497 e. The molecule has 3 rings (SSSR count). The number of nitrogens with zero attached hydrogens (tertiary/aromatic N) is 1. The molecule has 0 atom stereocenters. The maximum atomic E-state index is 12.6. The molecule has 3 aromatic rings. The smallest absolute Gasteiger partial charge is 0.257 e. The molecule has 0 aliphatic heterocycles. The topological polar surface area (TPSA) is 63.2 Å². The quantitative estimate of drug-likeness (QED) is 0.633. The average molecular weight is 375 g/mol. The minimum absolute atomic E-state index is 0.167. The molecule has 0 fully saturated rings. The maximum absolute atomic E-state index is 12.6. The monoisotopic (exact) mass is 375 g/mol. The second kappa shape index (κ2) is 9.04. The first-order chi connectivity index (χ1) is 13.5. The number of anilines is 2. The third-order valence-electron chi connectivity index (χ3n) is 4.54. The van der Waals surface area contributed by atoms with E-state index >= 15 is 0 Å². The summed E-state index contributed by atoms with van der Waals surface area (Å²) in [6.45, 7) is 4.73. The molecule has 1 heterocycles. The van der Waals surface area contributed by atoms with Crippen molar-refractivity contribution in [2.75, 3.05) is 24.3 Å². The fourth-order valence-electron chi connectivity index (χ4n) is 2.87. The lowest BCUT2D eigenvalue weighted by Gasteiger charge is -2.11. The van der Waals surface area contributed by atoms with E-state index in [1.165, 1.54) is 5.56 Å². The number of aryl methyl sites for hydroxylation is 2. The second-order valence-corrected chi connectivity index (χ2v) is 6.76. The number of carbonyl (C=O) groups excluding carboxylic acids is 1. The summed E-state index contributed by atoms with van der Waals surface area (Å²) in [7, 11) is 1.66. The van der Waals surface area contributed by atoms with E-state index in [9.17, 15) is 4.79 Å². The molecule has 0 radical (unpaired) electrons. The van der Waals surface area contributed by atoms with Crippen molar-refractivity contribution in [3.8, 4) is 5.75 Å². The summed E-state index contributed by atoms with van der Waals surface area (Å²) in [5.41, 5.74) is 5.51. The van der Waals surface area contributed by atoms with Crippen molar-refractivity contribution < 1.29 is 9.53 Å². The zero-order valence-corrected chi connectivity index (χ0v) is 16.5. The third-order valence-corrected chi connectivity index (χ3v) is 4.54. The zero-order chi connectivity index (χ0) is 19.9. The molecule has 2 aromatic carbocycles. The van der Waals surface area contributed by atoms with Gasteiger partial charge in [-0.25, -0.2) is 0 Å². The number of nitrogens with one attached hydrogen (secondary N) is 2. The molecule has 2 N–H and O–H groups in total. The number of hydrogen-bond acceptors (Lipinski definition) is 4. The van der Waals surface area contributed by atoms with Crippen LogP contribution >= 0.6 is 0 Å². The molecule has 0 aliphatic rings. The van der Waals surface area contributed by atoms with Gasteiger partial charge in [-0.2, -0.15) is 0 Å². The van der Waals surface area contributed by atoms with Crippen molar-refractivity contribution in [3.63, 3.8) is 0 Å². The molecule has 0 aliphatic carbocycles. The van der Waals surface area contributed by atoms with Gasteiger partial charge in [-0.3, -0.25) is 9.78 Å². The van der Waals surface area contributed by atoms with Crippen LogP contribution in [0.3, 0.4) is 0 Å². The lowest BCUT2D eigenvalue weighted by molar-refractivity contribution is 0.102. The summed E-state index contributed by atoms with van der Waals surface area (Å²) in [5, 5.41) is 6.30. The molecule has 0 spiro atoms. The van der Waals surface area contributed by atoms with Crippen LogP contribution in [0.2, 0.25) is 0 Å². The number of rotatable bonds is 7. The molecule has 5 heteroatoms. The minimum atomic E-state index is -0.167. The molecule has 5 nitrogen and oxygen atoms in total. The zero-order valence-electron chi connectivity index (χ0n) is 16.5. The van der Waals surface area contributed by atoms with Crippen molar-refractivity contribution in [2.45, 2.75) is 20.3 Å². The van der Waals surface area contributed by atoms with E-state index in [-0.39, 0.29) is 5.91 Å². The first kappa shape index (κ1) is 19.4. The standard InChI is InChI=1S/C23H25N3O2/c1-16-4-5-17(2)22(12-16)26-23(27)19-13-20(15-24-14-19)25-11-10-18-6-8-21(28-3)9-7-18/h4-9,12-15,25H,10-11H2,1-3H3,(H,26,27). The van der Waals surface area contributed by atoms with Gasteiger partial charge in [0.25, 0.3) is 5.91 Å². The summed E-state index contributed by atoms with van der Waals surface area (Å²) < 4.78 is 5.17. The first-order valence-corrected chi connectivity index (χ1v) is 9.25. The Morgan fingerprint density at radius 3 is 2.57 bits per heavy atom. The molecular formula is C23H25N3O2. The summed E-state index contributed by atoms with van der Waals surface area (Å²) >= 11 is 0. The molecule has 0 saturated carbocycles. The lowest BCUT2D eigenvalue weighted by atomic mass is 10.1. The molecule has 1 amide bonds. The second-order valence-electron chi connectivity index (χ2n) is 6.76. The van der Waals surface area contributed by atoms with Crippen LogP contribution in [0.15, 0.2) is 60.9 Å². The molecular weight excluding hydrogens is 350 g/mol. The summed E-state index contributed by atoms with van der Waals surface area (Å²) in [5.74, 6) is 0.684. The molecule has 0 bridgehead atoms. The normalized spacial score (nSPS) is 10.4. The number of pyridine rings is 1. The van der Waals surface area contributed by atoms with Gasteiger partial charge in [0.1, 0.15) is 5.75 Å². The molecule has 1 aromatic heterocycles. The van der Waals surface area contributed by atoms with Gasteiger partial charge in [-0.1, -0.05) is 24.3 Å². The fourth-order valence-corrected chi connectivity index (χ4v) is 2.87. The van der Waals surface area contributed by atoms with Crippen LogP contribution in [0, 0.1) is 13.8 Å². The first-order valence-electron chi connectivity index (χ1n) is 9.25. The van der Waals surface area contributed by atoms with Crippen LogP contribution in [-0.4, -0.2) is 24.5 Å². The van der Waals surface area contributed by atoms with Crippen LogP contribution in [0.4, 0.5) is 11.4 Å². The SMILES string of the molecule is COc1ccc(CCNc2cncc(C(=O)Nc3cc(C)ccc3C)c2)cc1. The Labute approximate surface area is 165 Å². The maximum Gasteiger partial charge on any atom is 0.257 e. The van der Waals surface area contributed by atoms with E-state index in [2.05, 4.69) is 15.6 Å². The van der Waals surface area contributed by atoms with Gasteiger partial charge in [-0.05, 0) is 61.2 Å². The van der Waals surface area contributed by atoms with Crippen molar-refractivity contribution in [1.29, 1.82) is 0 Å². The van der Waals surface area contributed by atoms with Crippen molar-refractivity contribution in [2.24, 2.45) is 0 Å². The Kier molecular flexibility index (Phi) is 6.27. The summed E-state index contributed by atoms with van der Waals surface area (Å²) in [4.78, 5) is 16.8. The average Bonchev–Trinajstić information content (AvgIpc) is 2.71. The number of aromatic nitrogens is 1. The molecule has 144 valence electrons. The highest BCUT2D eigenvalue weighted by molar-refractivity contribution is 6.05. The predicted molar refractivity (Wildman–Crippen MR) is 113 cm³/mol. The van der Waals surface area contributed by atoms with Crippen LogP contribution in [0.1, 0.15) is 27.0 Å². The van der Waals surface area contributed by atoms with Gasteiger partial charge < -0.3 is 15.4 Å². The van der Waals surface area contributed by atoms with E-state index in [0.29, 0.717) is 5.56 Å². The number of ether oxygens (including phenoxy) is 1. The van der Waals surface area contributed by atoms with Crippen LogP contribution in [0.5, 0.6) is 5.75 Å². The van der Waals surface area contributed by atoms with Crippen molar-refractivity contribution in [1.82, 2.24) is 4.98 Å². The number of amides is 1. The number of carbonyl (C=O) groups is 1. The third kappa shape index (κ3) is 5.10. The van der Waals surface area contributed by atoms with Gasteiger partial charge in [0.15, 0.2) is 0 Å². The molecule has 0 unspecified atom stereocenters.